The summed E-state index contributed by atoms with van der Waals surface area (Å²) in [5, 5.41) is 10.6. The van der Waals surface area contributed by atoms with E-state index in [0.717, 1.165) is 5.56 Å². The molecule has 1 amide bonds. The molecule has 0 fully saturated rings. The van der Waals surface area contributed by atoms with Crippen molar-refractivity contribution in [2.45, 2.75) is 19.4 Å². The molecule has 0 saturated carbocycles. The van der Waals surface area contributed by atoms with Crippen LogP contribution in [0.15, 0.2) is 47.5 Å². The highest BCUT2D eigenvalue weighted by Gasteiger charge is 2.16. The number of amides is 1. The van der Waals surface area contributed by atoms with Gasteiger partial charge in [-0.1, -0.05) is 30.3 Å². The van der Waals surface area contributed by atoms with Crippen molar-refractivity contribution < 1.29 is 4.79 Å². The molecular weight excluding hydrogens is 282 g/mol. The number of aromatic nitrogens is 4. The van der Waals surface area contributed by atoms with Crippen LogP contribution in [0.3, 0.4) is 0 Å². The third-order valence-corrected chi connectivity index (χ3v) is 3.52. The van der Waals surface area contributed by atoms with Crippen molar-refractivity contribution in [1.29, 1.82) is 0 Å². The predicted molar refractivity (Wildman–Crippen MR) is 80.3 cm³/mol. The monoisotopic (exact) mass is 297 g/mol. The first kappa shape index (κ1) is 14.0. The number of hydrogen-bond acceptors (Lipinski definition) is 4. The van der Waals surface area contributed by atoms with Crippen LogP contribution in [0.5, 0.6) is 0 Å². The summed E-state index contributed by atoms with van der Waals surface area (Å²) in [4.78, 5) is 26.3. The number of hydrogen-bond donors (Lipinski definition) is 2. The van der Waals surface area contributed by atoms with Crippen LogP contribution in [0.25, 0.3) is 5.65 Å². The van der Waals surface area contributed by atoms with Crippen molar-refractivity contribution in [2.75, 3.05) is 0 Å². The van der Waals surface area contributed by atoms with Gasteiger partial charge in [-0.05, 0) is 12.5 Å². The zero-order chi connectivity index (χ0) is 15.5. The molecule has 0 bridgehead atoms. The number of aromatic amines is 1. The van der Waals surface area contributed by atoms with E-state index in [-0.39, 0.29) is 29.6 Å². The van der Waals surface area contributed by atoms with Gasteiger partial charge in [0.15, 0.2) is 5.82 Å². The van der Waals surface area contributed by atoms with Gasteiger partial charge in [0.25, 0.3) is 5.56 Å². The zero-order valence-corrected chi connectivity index (χ0v) is 12.0. The quantitative estimate of drug-likeness (QED) is 0.746. The van der Waals surface area contributed by atoms with Crippen LogP contribution >= 0.6 is 0 Å². The number of rotatable bonds is 4. The van der Waals surface area contributed by atoms with E-state index >= 15 is 0 Å². The molecular formula is C15H15N5O2. The summed E-state index contributed by atoms with van der Waals surface area (Å²) in [6, 6.07) is 9.54. The summed E-state index contributed by atoms with van der Waals surface area (Å²) in [6.07, 6.45) is 3.16. The first-order valence-corrected chi connectivity index (χ1v) is 6.91. The number of nitrogens with one attached hydrogen (secondary N) is 2. The Kier molecular flexibility index (Phi) is 3.69. The lowest BCUT2D eigenvalue weighted by Crippen LogP contribution is -2.28. The van der Waals surface area contributed by atoms with Gasteiger partial charge in [0.1, 0.15) is 0 Å². The minimum atomic E-state index is -0.315. The number of carbonyl (C=O) groups excluding carboxylic acids is 1. The molecule has 7 nitrogen and oxygen atoms in total. The van der Waals surface area contributed by atoms with Gasteiger partial charge in [-0.2, -0.15) is 0 Å². The van der Waals surface area contributed by atoms with E-state index in [1.54, 1.807) is 10.6 Å². The molecule has 3 rings (SSSR count). The van der Waals surface area contributed by atoms with Crippen molar-refractivity contribution in [3.63, 3.8) is 0 Å². The van der Waals surface area contributed by atoms with Gasteiger partial charge in [-0.15, -0.1) is 10.2 Å². The lowest BCUT2D eigenvalue weighted by molar-refractivity contribution is -0.122. The number of benzene rings is 1. The van der Waals surface area contributed by atoms with Crippen LogP contribution in [0.4, 0.5) is 0 Å². The molecule has 2 aromatic heterocycles. The number of H-pyrrole nitrogens is 1. The molecule has 2 N–H and O–H groups in total. The fourth-order valence-electron chi connectivity index (χ4n) is 2.22. The largest absolute Gasteiger partial charge is 0.348 e. The van der Waals surface area contributed by atoms with Crippen LogP contribution in [0, 0.1) is 0 Å². The third-order valence-electron chi connectivity index (χ3n) is 3.52. The number of carbonyl (C=O) groups is 1. The maximum atomic E-state index is 12.2. The average Bonchev–Trinajstić information content (AvgIpc) is 2.97. The Hall–Kier alpha value is -2.96. The molecule has 7 heteroatoms. The predicted octanol–water partition coefficient (Wildman–Crippen LogP) is 0.837. The molecule has 1 aromatic carbocycles. The van der Waals surface area contributed by atoms with Crippen LogP contribution in [-0.2, 0) is 11.3 Å². The second kappa shape index (κ2) is 5.80. The standard InChI is InChI=1S/C15H15N5O2/c1-10(11-5-3-2-4-6-11)14(21)17-9-12-18-19-13-15(22)16-7-8-20(12)13/h2-8,10H,9H2,1H3,(H,16,22)(H,17,21). The van der Waals surface area contributed by atoms with Gasteiger partial charge in [-0.3, -0.25) is 14.0 Å². The van der Waals surface area contributed by atoms with Crippen molar-refractivity contribution in [3.05, 3.63) is 64.5 Å². The SMILES string of the molecule is CC(C(=O)NCc1nnc2c(=O)[nH]ccn12)c1ccccc1. The average molecular weight is 297 g/mol. The minimum Gasteiger partial charge on any atom is -0.348 e. The molecule has 1 atom stereocenters. The Balaban J connectivity index is 1.73. The molecule has 112 valence electrons. The molecule has 1 unspecified atom stereocenters. The summed E-state index contributed by atoms with van der Waals surface area (Å²) in [7, 11) is 0. The third kappa shape index (κ3) is 2.60. The Morgan fingerprint density at radius 3 is 2.86 bits per heavy atom. The van der Waals surface area contributed by atoms with Crippen molar-refractivity contribution >= 4 is 11.6 Å². The van der Waals surface area contributed by atoms with Gasteiger partial charge >= 0.3 is 0 Å². The van der Waals surface area contributed by atoms with E-state index in [1.807, 2.05) is 37.3 Å². The summed E-state index contributed by atoms with van der Waals surface area (Å²) >= 11 is 0. The smallest absolute Gasteiger partial charge is 0.293 e. The highest BCUT2D eigenvalue weighted by molar-refractivity contribution is 5.83. The molecule has 0 aliphatic heterocycles. The molecule has 0 aliphatic carbocycles. The maximum Gasteiger partial charge on any atom is 0.293 e. The Morgan fingerprint density at radius 1 is 1.32 bits per heavy atom. The zero-order valence-electron chi connectivity index (χ0n) is 12.0. The summed E-state index contributed by atoms with van der Waals surface area (Å²) in [5.41, 5.74) is 0.843. The lowest BCUT2D eigenvalue weighted by atomic mass is 10.0. The highest BCUT2D eigenvalue weighted by Crippen LogP contribution is 2.14. The van der Waals surface area contributed by atoms with Crippen molar-refractivity contribution in [1.82, 2.24) is 24.9 Å². The summed E-state index contributed by atoms with van der Waals surface area (Å²) < 4.78 is 1.56. The second-order valence-corrected chi connectivity index (χ2v) is 4.95. The van der Waals surface area contributed by atoms with E-state index in [2.05, 4.69) is 20.5 Å². The molecule has 22 heavy (non-hydrogen) atoms. The first-order valence-electron chi connectivity index (χ1n) is 6.91. The molecule has 2 heterocycles. The van der Waals surface area contributed by atoms with Crippen LogP contribution < -0.4 is 10.9 Å². The minimum absolute atomic E-state index is 0.104. The first-order chi connectivity index (χ1) is 10.7. The van der Waals surface area contributed by atoms with Gasteiger partial charge in [0, 0.05) is 12.4 Å². The fourth-order valence-corrected chi connectivity index (χ4v) is 2.22. The topological polar surface area (TPSA) is 92.2 Å². The van der Waals surface area contributed by atoms with Gasteiger partial charge in [0.2, 0.25) is 11.6 Å². The van der Waals surface area contributed by atoms with E-state index in [1.165, 1.54) is 6.20 Å². The molecule has 0 aliphatic rings. The Morgan fingerprint density at radius 2 is 2.09 bits per heavy atom. The molecule has 3 aromatic rings. The van der Waals surface area contributed by atoms with E-state index in [9.17, 15) is 9.59 Å². The Labute approximate surface area is 126 Å². The summed E-state index contributed by atoms with van der Waals surface area (Å²) in [5.74, 6) is 0.145. The van der Waals surface area contributed by atoms with E-state index in [0.29, 0.717) is 5.82 Å². The lowest BCUT2D eigenvalue weighted by Gasteiger charge is -2.11. The van der Waals surface area contributed by atoms with Gasteiger partial charge in [0.05, 0.1) is 12.5 Å². The van der Waals surface area contributed by atoms with Crippen LogP contribution in [0.2, 0.25) is 0 Å². The normalized spacial score (nSPS) is 12.2. The Bertz CT molecular complexity index is 853. The number of nitrogens with zero attached hydrogens (tertiary/aromatic N) is 3. The summed E-state index contributed by atoms with van der Waals surface area (Å²) in [6.45, 7) is 2.05. The van der Waals surface area contributed by atoms with E-state index in [4.69, 9.17) is 0 Å². The van der Waals surface area contributed by atoms with Crippen LogP contribution in [-0.4, -0.2) is 25.5 Å². The maximum absolute atomic E-state index is 12.2. The van der Waals surface area contributed by atoms with Crippen molar-refractivity contribution in [2.24, 2.45) is 0 Å². The second-order valence-electron chi connectivity index (χ2n) is 4.95. The number of fused-ring (bicyclic) bond motifs is 1. The highest BCUT2D eigenvalue weighted by atomic mass is 16.2. The molecule has 0 radical (unpaired) electrons. The van der Waals surface area contributed by atoms with Gasteiger partial charge in [-0.25, -0.2) is 0 Å². The molecule has 0 spiro atoms. The van der Waals surface area contributed by atoms with Crippen molar-refractivity contribution in [3.8, 4) is 0 Å². The molecule has 0 saturated heterocycles. The fraction of sp³-hybridized carbons (Fsp3) is 0.200. The van der Waals surface area contributed by atoms with E-state index < -0.39 is 0 Å². The van der Waals surface area contributed by atoms with Gasteiger partial charge < -0.3 is 10.3 Å². The van der Waals surface area contributed by atoms with Crippen LogP contribution in [0.1, 0.15) is 24.2 Å².